The molecule has 0 bridgehead atoms. The molecule has 1 unspecified atom stereocenters. The van der Waals surface area contributed by atoms with Gasteiger partial charge < -0.3 is 9.84 Å². The van der Waals surface area contributed by atoms with Crippen molar-refractivity contribution in [2.24, 2.45) is 0 Å². The Morgan fingerprint density at radius 2 is 2.29 bits per heavy atom. The first kappa shape index (κ1) is 15.0. The first-order valence-corrected chi connectivity index (χ1v) is 7.86. The average molecular weight is 326 g/mol. The number of rotatable bonds is 2. The van der Waals surface area contributed by atoms with Crippen LogP contribution in [0.4, 0.5) is 0 Å². The molecule has 4 heterocycles. The molecule has 3 aromatic heterocycles. The Hall–Kier alpha value is -2.58. The molecule has 0 saturated carbocycles. The Bertz CT molecular complexity index is 947. The van der Waals surface area contributed by atoms with E-state index in [4.69, 9.17) is 4.52 Å². The summed E-state index contributed by atoms with van der Waals surface area (Å²) in [6, 6.07) is 3.75. The van der Waals surface area contributed by atoms with Crippen LogP contribution in [0.2, 0.25) is 0 Å². The molecule has 0 amide bonds. The van der Waals surface area contributed by atoms with Crippen LogP contribution in [0.25, 0.3) is 17.1 Å². The Balaban J connectivity index is 1.74. The van der Waals surface area contributed by atoms with E-state index < -0.39 is 0 Å². The van der Waals surface area contributed by atoms with Crippen LogP contribution in [0.15, 0.2) is 33.8 Å². The standard InChI is InChI=1S/C16H18N6O2/c1-10-3-5-22-13(7-10)18-8-11(16(22)23)15-19-14(20-24-15)12-9-17-4-6-21(12)2/h3,5,7-8,12,17H,4,6,9H2,1-2H3. The number of hydrogen-bond acceptors (Lipinski definition) is 7. The van der Waals surface area contributed by atoms with Gasteiger partial charge in [0.2, 0.25) is 0 Å². The van der Waals surface area contributed by atoms with E-state index in [9.17, 15) is 4.79 Å². The molecule has 1 aliphatic heterocycles. The van der Waals surface area contributed by atoms with Gasteiger partial charge in [-0.15, -0.1) is 0 Å². The third-order valence-corrected chi connectivity index (χ3v) is 4.35. The minimum Gasteiger partial charge on any atom is -0.334 e. The van der Waals surface area contributed by atoms with E-state index in [2.05, 4.69) is 25.3 Å². The highest BCUT2D eigenvalue weighted by molar-refractivity contribution is 5.53. The van der Waals surface area contributed by atoms with Crippen LogP contribution in [0.1, 0.15) is 17.4 Å². The van der Waals surface area contributed by atoms with Crippen molar-refractivity contribution in [1.29, 1.82) is 0 Å². The summed E-state index contributed by atoms with van der Waals surface area (Å²) in [6.45, 7) is 4.56. The molecule has 1 aliphatic rings. The smallest absolute Gasteiger partial charge is 0.270 e. The highest BCUT2D eigenvalue weighted by atomic mass is 16.5. The zero-order valence-corrected chi connectivity index (χ0v) is 13.6. The molecule has 1 saturated heterocycles. The Labute approximate surface area is 138 Å². The largest absolute Gasteiger partial charge is 0.334 e. The molecule has 0 spiro atoms. The predicted molar refractivity (Wildman–Crippen MR) is 87.7 cm³/mol. The van der Waals surface area contributed by atoms with E-state index in [0.29, 0.717) is 17.0 Å². The van der Waals surface area contributed by atoms with Gasteiger partial charge in [0.25, 0.3) is 11.4 Å². The van der Waals surface area contributed by atoms with Crippen molar-refractivity contribution in [2.45, 2.75) is 13.0 Å². The molecule has 8 nitrogen and oxygen atoms in total. The summed E-state index contributed by atoms with van der Waals surface area (Å²) in [5.41, 5.74) is 1.73. The number of pyridine rings is 1. The molecule has 124 valence electrons. The second-order valence-electron chi connectivity index (χ2n) is 6.07. The lowest BCUT2D eigenvalue weighted by Crippen LogP contribution is -2.44. The number of likely N-dealkylation sites (N-methyl/N-ethyl adjacent to an activating group) is 1. The molecule has 3 aromatic rings. The molecular weight excluding hydrogens is 308 g/mol. The summed E-state index contributed by atoms with van der Waals surface area (Å²) >= 11 is 0. The summed E-state index contributed by atoms with van der Waals surface area (Å²) in [7, 11) is 2.02. The van der Waals surface area contributed by atoms with Gasteiger partial charge in [-0.3, -0.25) is 14.1 Å². The maximum absolute atomic E-state index is 12.7. The minimum absolute atomic E-state index is 0.0371. The molecule has 0 aliphatic carbocycles. The van der Waals surface area contributed by atoms with Crippen molar-refractivity contribution < 1.29 is 4.52 Å². The van der Waals surface area contributed by atoms with E-state index in [0.717, 1.165) is 25.2 Å². The molecule has 8 heteroatoms. The second-order valence-corrected chi connectivity index (χ2v) is 6.07. The van der Waals surface area contributed by atoms with Crippen molar-refractivity contribution in [3.05, 3.63) is 46.3 Å². The van der Waals surface area contributed by atoms with E-state index in [1.807, 2.05) is 26.1 Å². The fraction of sp³-hybridized carbons (Fsp3) is 0.375. The van der Waals surface area contributed by atoms with E-state index >= 15 is 0 Å². The van der Waals surface area contributed by atoms with Crippen LogP contribution in [-0.2, 0) is 0 Å². The van der Waals surface area contributed by atoms with Crippen LogP contribution in [0.3, 0.4) is 0 Å². The van der Waals surface area contributed by atoms with Crippen LogP contribution >= 0.6 is 0 Å². The van der Waals surface area contributed by atoms with Gasteiger partial charge in [-0.05, 0) is 31.7 Å². The van der Waals surface area contributed by atoms with Gasteiger partial charge in [0.15, 0.2) is 5.82 Å². The number of aryl methyl sites for hydroxylation is 1. The first-order valence-electron chi connectivity index (χ1n) is 7.86. The molecule has 0 radical (unpaired) electrons. The molecule has 0 aromatic carbocycles. The van der Waals surface area contributed by atoms with E-state index in [-0.39, 0.29) is 17.5 Å². The number of hydrogen-bond donors (Lipinski definition) is 1. The van der Waals surface area contributed by atoms with Crippen LogP contribution in [-0.4, -0.2) is 51.1 Å². The number of aromatic nitrogens is 4. The van der Waals surface area contributed by atoms with E-state index in [1.165, 1.54) is 10.6 Å². The summed E-state index contributed by atoms with van der Waals surface area (Å²) in [5.74, 6) is 0.782. The van der Waals surface area contributed by atoms with Crippen molar-refractivity contribution >= 4 is 5.65 Å². The second kappa shape index (κ2) is 5.81. The lowest BCUT2D eigenvalue weighted by Gasteiger charge is -2.30. The lowest BCUT2D eigenvalue weighted by atomic mass is 10.2. The van der Waals surface area contributed by atoms with Crippen molar-refractivity contribution in [3.63, 3.8) is 0 Å². The topological polar surface area (TPSA) is 88.6 Å². The zero-order chi connectivity index (χ0) is 16.7. The molecule has 1 fully saturated rings. The normalized spacial score (nSPS) is 19.0. The van der Waals surface area contributed by atoms with Crippen molar-refractivity contribution in [1.82, 2.24) is 29.7 Å². The molecular formula is C16H18N6O2. The summed E-state index contributed by atoms with van der Waals surface area (Å²) in [4.78, 5) is 23.6. The highest BCUT2D eigenvalue weighted by Crippen LogP contribution is 2.21. The first-order chi connectivity index (χ1) is 11.6. The Morgan fingerprint density at radius 3 is 3.12 bits per heavy atom. The number of nitrogens with zero attached hydrogens (tertiary/aromatic N) is 5. The molecule has 24 heavy (non-hydrogen) atoms. The quantitative estimate of drug-likeness (QED) is 0.739. The lowest BCUT2D eigenvalue weighted by molar-refractivity contribution is 0.190. The van der Waals surface area contributed by atoms with Crippen LogP contribution in [0.5, 0.6) is 0 Å². The number of fused-ring (bicyclic) bond motifs is 1. The zero-order valence-electron chi connectivity index (χ0n) is 13.6. The van der Waals surface area contributed by atoms with Gasteiger partial charge in [-0.2, -0.15) is 4.98 Å². The van der Waals surface area contributed by atoms with Crippen LogP contribution in [0, 0.1) is 6.92 Å². The van der Waals surface area contributed by atoms with Gasteiger partial charge in [0.05, 0.1) is 6.04 Å². The van der Waals surface area contributed by atoms with E-state index in [1.54, 1.807) is 6.20 Å². The number of nitrogens with one attached hydrogen (secondary N) is 1. The summed E-state index contributed by atoms with van der Waals surface area (Å²) < 4.78 is 6.82. The molecule has 1 N–H and O–H groups in total. The third-order valence-electron chi connectivity index (χ3n) is 4.35. The van der Waals surface area contributed by atoms with Gasteiger partial charge in [-0.1, -0.05) is 5.16 Å². The van der Waals surface area contributed by atoms with Gasteiger partial charge >= 0.3 is 0 Å². The van der Waals surface area contributed by atoms with Gasteiger partial charge in [0, 0.05) is 32.0 Å². The Morgan fingerprint density at radius 1 is 1.42 bits per heavy atom. The average Bonchev–Trinajstić information content (AvgIpc) is 3.05. The van der Waals surface area contributed by atoms with Gasteiger partial charge in [0.1, 0.15) is 11.2 Å². The van der Waals surface area contributed by atoms with Crippen molar-refractivity contribution in [3.8, 4) is 11.5 Å². The number of piperazine rings is 1. The fourth-order valence-electron chi connectivity index (χ4n) is 2.90. The predicted octanol–water partition coefficient (Wildman–Crippen LogP) is 0.629. The monoisotopic (exact) mass is 326 g/mol. The Kier molecular flexibility index (Phi) is 3.62. The minimum atomic E-state index is -0.217. The summed E-state index contributed by atoms with van der Waals surface area (Å²) in [5, 5.41) is 7.37. The van der Waals surface area contributed by atoms with Crippen LogP contribution < -0.4 is 10.9 Å². The maximum Gasteiger partial charge on any atom is 0.270 e. The fourth-order valence-corrected chi connectivity index (χ4v) is 2.90. The molecule has 4 rings (SSSR count). The highest BCUT2D eigenvalue weighted by Gasteiger charge is 2.26. The SMILES string of the molecule is Cc1ccn2c(=O)c(-c3nc(C4CNCCN4C)no3)cnc2c1. The van der Waals surface area contributed by atoms with Gasteiger partial charge in [-0.25, -0.2) is 4.98 Å². The summed E-state index contributed by atoms with van der Waals surface area (Å²) in [6.07, 6.45) is 3.21. The van der Waals surface area contributed by atoms with Crippen molar-refractivity contribution in [2.75, 3.05) is 26.7 Å². The molecule has 1 atom stereocenters. The third kappa shape index (κ3) is 2.49. The maximum atomic E-state index is 12.7.